The number of fused-ring (bicyclic) bond motifs is 1. The molecule has 0 fully saturated rings. The zero-order valence-electron chi connectivity index (χ0n) is 13.1. The van der Waals surface area contributed by atoms with Gasteiger partial charge in [-0.25, -0.2) is 4.39 Å². The number of rotatable bonds is 5. The van der Waals surface area contributed by atoms with Crippen LogP contribution < -0.4 is 10.6 Å². The monoisotopic (exact) mass is 342 g/mol. The van der Waals surface area contributed by atoms with E-state index in [1.807, 2.05) is 0 Å². The highest BCUT2D eigenvalue weighted by molar-refractivity contribution is 6.12. The Morgan fingerprint density at radius 3 is 2.40 bits per heavy atom. The minimum Gasteiger partial charge on any atom is -0.375 e. The van der Waals surface area contributed by atoms with Crippen molar-refractivity contribution < 1.29 is 23.9 Å². The molecule has 1 unspecified atom stereocenters. The average Bonchev–Trinajstić information content (AvgIpc) is 2.77. The number of nitrogens with two attached hydrogens (primary N) is 1. The van der Waals surface area contributed by atoms with Crippen LogP contribution in [0, 0.1) is 5.82 Å². The lowest BCUT2D eigenvalue weighted by Gasteiger charge is -2.22. The Labute approximate surface area is 142 Å². The Balaban J connectivity index is 1.96. The molecule has 128 valence electrons. The zero-order chi connectivity index (χ0) is 18.2. The first-order valence-electron chi connectivity index (χ1n) is 7.54. The Bertz CT molecular complexity index is 866. The smallest absolute Gasteiger partial charge is 0.264 e. The van der Waals surface area contributed by atoms with Gasteiger partial charge < -0.3 is 10.8 Å². The first-order chi connectivity index (χ1) is 11.8. The van der Waals surface area contributed by atoms with Crippen LogP contribution in [-0.2, 0) is 15.2 Å². The molecule has 0 radical (unpaired) electrons. The van der Waals surface area contributed by atoms with Gasteiger partial charge in [-0.15, -0.1) is 0 Å². The van der Waals surface area contributed by atoms with E-state index in [0.717, 1.165) is 17.0 Å². The van der Waals surface area contributed by atoms with Crippen LogP contribution in [0.2, 0.25) is 0 Å². The minimum atomic E-state index is -2.10. The van der Waals surface area contributed by atoms with Gasteiger partial charge in [0.15, 0.2) is 11.4 Å². The first-order valence-corrected chi connectivity index (χ1v) is 7.54. The van der Waals surface area contributed by atoms with E-state index in [0.29, 0.717) is 5.69 Å². The number of amides is 2. The Morgan fingerprint density at radius 2 is 1.76 bits per heavy atom. The Hall–Kier alpha value is -3.06. The van der Waals surface area contributed by atoms with Gasteiger partial charge in [0.05, 0.1) is 12.1 Å². The number of carbonyl (C=O) groups excluding carboxylic acids is 3. The highest BCUT2D eigenvalue weighted by atomic mass is 19.1. The number of halogens is 1. The summed E-state index contributed by atoms with van der Waals surface area (Å²) >= 11 is 0. The van der Waals surface area contributed by atoms with E-state index in [2.05, 4.69) is 0 Å². The molecule has 25 heavy (non-hydrogen) atoms. The summed E-state index contributed by atoms with van der Waals surface area (Å²) in [6.07, 6.45) is -0.524. The van der Waals surface area contributed by atoms with Crippen molar-refractivity contribution in [3.05, 3.63) is 65.5 Å². The van der Waals surface area contributed by atoms with Gasteiger partial charge >= 0.3 is 0 Å². The summed E-state index contributed by atoms with van der Waals surface area (Å²) in [7, 11) is 0. The maximum absolute atomic E-state index is 13.0. The summed E-state index contributed by atoms with van der Waals surface area (Å²) in [5.41, 5.74) is 3.81. The summed E-state index contributed by atoms with van der Waals surface area (Å²) in [4.78, 5) is 37.5. The second-order valence-corrected chi connectivity index (χ2v) is 5.84. The van der Waals surface area contributed by atoms with Crippen LogP contribution in [0.1, 0.15) is 22.3 Å². The fourth-order valence-corrected chi connectivity index (χ4v) is 2.96. The zero-order valence-corrected chi connectivity index (χ0v) is 13.1. The quantitative estimate of drug-likeness (QED) is 0.795. The van der Waals surface area contributed by atoms with Gasteiger partial charge in [0.1, 0.15) is 12.4 Å². The number of hydrogen-bond acceptors (Lipinski definition) is 4. The van der Waals surface area contributed by atoms with Crippen molar-refractivity contribution >= 4 is 23.3 Å². The molecule has 1 heterocycles. The average molecular weight is 342 g/mol. The summed E-state index contributed by atoms with van der Waals surface area (Å²) in [5, 5.41) is 10.9. The molecule has 3 rings (SSSR count). The Kier molecular flexibility index (Phi) is 4.10. The first kappa shape index (κ1) is 16.8. The lowest BCUT2D eigenvalue weighted by Crippen LogP contribution is -2.44. The molecule has 0 bridgehead atoms. The summed E-state index contributed by atoms with van der Waals surface area (Å²) < 4.78 is 13.0. The molecular weight excluding hydrogens is 327 g/mol. The van der Waals surface area contributed by atoms with Crippen LogP contribution in [0.3, 0.4) is 0 Å². The molecule has 0 spiro atoms. The van der Waals surface area contributed by atoms with E-state index in [1.54, 1.807) is 18.2 Å². The van der Waals surface area contributed by atoms with Gasteiger partial charge in [-0.3, -0.25) is 19.3 Å². The highest BCUT2D eigenvalue weighted by Gasteiger charge is 2.51. The maximum atomic E-state index is 13.0. The molecule has 0 aliphatic carbocycles. The van der Waals surface area contributed by atoms with Crippen molar-refractivity contribution in [3.8, 4) is 0 Å². The van der Waals surface area contributed by atoms with Gasteiger partial charge in [-0.2, -0.15) is 0 Å². The predicted octanol–water partition coefficient (Wildman–Crippen LogP) is 1.12. The molecule has 0 saturated heterocycles. The standard InChI is InChI=1S/C18H15FN2O4/c19-12-7-5-11(6-8-12)15(22)9-18(25)13-3-1-2-4-14(13)21(17(18)24)10-16(20)23/h1-8,25H,9-10H2,(H2,20,23). The molecule has 1 aliphatic rings. The molecule has 6 nitrogen and oxygen atoms in total. The molecule has 2 aromatic carbocycles. The van der Waals surface area contributed by atoms with E-state index >= 15 is 0 Å². The van der Waals surface area contributed by atoms with Crippen molar-refractivity contribution in [2.45, 2.75) is 12.0 Å². The van der Waals surface area contributed by atoms with Crippen molar-refractivity contribution in [1.82, 2.24) is 0 Å². The van der Waals surface area contributed by atoms with Crippen molar-refractivity contribution in [1.29, 1.82) is 0 Å². The number of carbonyl (C=O) groups is 3. The van der Waals surface area contributed by atoms with E-state index < -0.39 is 42.0 Å². The SMILES string of the molecule is NC(=O)CN1C(=O)C(O)(CC(=O)c2ccc(F)cc2)c2ccccc21. The van der Waals surface area contributed by atoms with E-state index in [-0.39, 0.29) is 11.1 Å². The third-order valence-corrected chi connectivity index (χ3v) is 4.14. The third-order valence-electron chi connectivity index (χ3n) is 4.14. The molecule has 0 saturated carbocycles. The number of anilines is 1. The normalized spacial score (nSPS) is 19.0. The molecular formula is C18H15FN2O4. The number of benzene rings is 2. The molecule has 1 atom stereocenters. The lowest BCUT2D eigenvalue weighted by molar-refractivity contribution is -0.136. The fraction of sp³-hybridized carbons (Fsp3) is 0.167. The predicted molar refractivity (Wildman–Crippen MR) is 87.2 cm³/mol. The van der Waals surface area contributed by atoms with E-state index in [4.69, 9.17) is 5.73 Å². The number of para-hydroxylation sites is 1. The Morgan fingerprint density at radius 1 is 1.12 bits per heavy atom. The van der Waals surface area contributed by atoms with Crippen LogP contribution in [0.5, 0.6) is 0 Å². The largest absolute Gasteiger partial charge is 0.375 e. The number of aliphatic hydroxyl groups is 1. The molecule has 2 aromatic rings. The van der Waals surface area contributed by atoms with E-state index in [1.165, 1.54) is 18.2 Å². The number of ketones is 1. The summed E-state index contributed by atoms with van der Waals surface area (Å²) in [6, 6.07) is 11.2. The number of nitrogens with zero attached hydrogens (tertiary/aromatic N) is 1. The second kappa shape index (κ2) is 6.10. The van der Waals surface area contributed by atoms with Gasteiger partial charge in [0.2, 0.25) is 5.91 Å². The van der Waals surface area contributed by atoms with E-state index in [9.17, 15) is 23.9 Å². The van der Waals surface area contributed by atoms with Crippen LogP contribution in [0.4, 0.5) is 10.1 Å². The van der Waals surface area contributed by atoms with Crippen molar-refractivity contribution in [3.63, 3.8) is 0 Å². The summed E-state index contributed by atoms with van der Waals surface area (Å²) in [5.74, 6) is -2.54. The van der Waals surface area contributed by atoms with Gasteiger partial charge in [-0.1, -0.05) is 18.2 Å². The highest BCUT2D eigenvalue weighted by Crippen LogP contribution is 2.42. The van der Waals surface area contributed by atoms with Crippen LogP contribution in [0.25, 0.3) is 0 Å². The van der Waals surface area contributed by atoms with Gasteiger partial charge in [0.25, 0.3) is 5.91 Å². The van der Waals surface area contributed by atoms with Crippen LogP contribution in [-0.4, -0.2) is 29.2 Å². The van der Waals surface area contributed by atoms with Crippen LogP contribution in [0.15, 0.2) is 48.5 Å². The van der Waals surface area contributed by atoms with Gasteiger partial charge in [-0.05, 0) is 30.3 Å². The molecule has 7 heteroatoms. The summed E-state index contributed by atoms with van der Waals surface area (Å²) in [6.45, 7) is -0.400. The fourth-order valence-electron chi connectivity index (χ4n) is 2.96. The van der Waals surface area contributed by atoms with Gasteiger partial charge in [0, 0.05) is 11.1 Å². The maximum Gasteiger partial charge on any atom is 0.264 e. The topological polar surface area (TPSA) is 101 Å². The van der Waals surface area contributed by atoms with Crippen molar-refractivity contribution in [2.75, 3.05) is 11.4 Å². The molecule has 3 N–H and O–H groups in total. The number of Topliss-reactive ketones (excluding diaryl/α,β-unsaturated/α-hetero) is 1. The number of hydrogen-bond donors (Lipinski definition) is 2. The van der Waals surface area contributed by atoms with Crippen molar-refractivity contribution in [2.24, 2.45) is 5.73 Å². The number of primary amides is 1. The minimum absolute atomic E-state index is 0.174. The lowest BCUT2D eigenvalue weighted by atomic mass is 9.88. The third kappa shape index (κ3) is 2.89. The van der Waals surface area contributed by atoms with Crippen LogP contribution >= 0.6 is 0 Å². The molecule has 0 aromatic heterocycles. The molecule has 1 aliphatic heterocycles. The second-order valence-electron chi connectivity index (χ2n) is 5.84. The molecule has 2 amide bonds.